The van der Waals surface area contributed by atoms with Crippen LogP contribution >= 0.6 is 11.6 Å². The minimum absolute atomic E-state index is 0.0274. The van der Waals surface area contributed by atoms with Gasteiger partial charge in [-0.3, -0.25) is 0 Å². The van der Waals surface area contributed by atoms with Gasteiger partial charge in [0.1, 0.15) is 11.5 Å². The average Bonchev–Trinajstić information content (AvgIpc) is 2.75. The van der Waals surface area contributed by atoms with Crippen LogP contribution in [0.15, 0.2) is 18.3 Å². The van der Waals surface area contributed by atoms with Crippen LogP contribution in [-0.4, -0.2) is 15.0 Å². The number of rotatable bonds is 2. The van der Waals surface area contributed by atoms with Gasteiger partial charge in [-0.1, -0.05) is 16.8 Å². The summed E-state index contributed by atoms with van der Waals surface area (Å²) in [4.78, 5) is 0. The van der Waals surface area contributed by atoms with Crippen LogP contribution in [0.4, 0.5) is 13.2 Å². The minimum atomic E-state index is -2.71. The molecule has 0 fully saturated rings. The van der Waals surface area contributed by atoms with Gasteiger partial charge in [-0.2, -0.15) is 0 Å². The number of nitrogens with zero attached hydrogens (tertiary/aromatic N) is 3. The lowest BCUT2D eigenvalue weighted by atomic mass is 10.2. The van der Waals surface area contributed by atoms with E-state index < -0.39 is 17.9 Å². The van der Waals surface area contributed by atoms with Crippen molar-refractivity contribution >= 4 is 11.6 Å². The maximum Gasteiger partial charge on any atom is 0.283 e. The van der Waals surface area contributed by atoms with E-state index in [-0.39, 0.29) is 10.6 Å². The summed E-state index contributed by atoms with van der Waals surface area (Å²) in [6, 6.07) is 2.83. The molecule has 0 saturated carbocycles. The molecule has 3 nitrogen and oxygen atoms in total. The molecule has 0 radical (unpaired) electrons. The fourth-order valence-electron chi connectivity index (χ4n) is 1.38. The largest absolute Gasteiger partial charge is 0.283 e. The van der Waals surface area contributed by atoms with Gasteiger partial charge >= 0.3 is 0 Å². The molecular weight excluding hydrogens is 255 g/mol. The Morgan fingerprint density at radius 3 is 2.65 bits per heavy atom. The van der Waals surface area contributed by atoms with E-state index in [1.807, 2.05) is 0 Å². The second-order valence-corrected chi connectivity index (χ2v) is 3.80. The van der Waals surface area contributed by atoms with Crippen molar-refractivity contribution in [2.75, 3.05) is 0 Å². The average molecular weight is 262 g/mol. The zero-order valence-electron chi connectivity index (χ0n) is 8.66. The fraction of sp³-hybridized carbons (Fsp3) is 0.200. The third-order valence-electron chi connectivity index (χ3n) is 2.29. The highest BCUT2D eigenvalue weighted by molar-refractivity contribution is 6.30. The van der Waals surface area contributed by atoms with Gasteiger partial charge in [-0.15, -0.1) is 5.10 Å². The van der Waals surface area contributed by atoms with Crippen LogP contribution in [0.5, 0.6) is 0 Å². The third kappa shape index (κ3) is 2.12. The maximum atomic E-state index is 13.5. The molecule has 1 heterocycles. The first-order chi connectivity index (χ1) is 8.00. The van der Waals surface area contributed by atoms with Crippen molar-refractivity contribution in [1.29, 1.82) is 0 Å². The molecule has 0 aliphatic rings. The molecule has 1 aromatic heterocycles. The predicted octanol–water partition coefficient (Wildman–Crippen LogP) is 3.31. The van der Waals surface area contributed by atoms with Crippen molar-refractivity contribution in [3.63, 3.8) is 0 Å². The number of aromatic nitrogens is 3. The van der Waals surface area contributed by atoms with Crippen molar-refractivity contribution in [2.45, 2.75) is 13.3 Å². The number of alkyl halides is 2. The van der Waals surface area contributed by atoms with Crippen LogP contribution in [-0.2, 0) is 0 Å². The molecule has 90 valence electrons. The molecule has 0 N–H and O–H groups in total. The molecule has 2 aromatic rings. The minimum Gasteiger partial charge on any atom is -0.220 e. The van der Waals surface area contributed by atoms with Crippen LogP contribution in [0.2, 0.25) is 5.02 Å². The van der Waals surface area contributed by atoms with Gasteiger partial charge < -0.3 is 0 Å². The molecule has 17 heavy (non-hydrogen) atoms. The van der Waals surface area contributed by atoms with Crippen LogP contribution in [0.1, 0.15) is 17.7 Å². The van der Waals surface area contributed by atoms with Crippen LogP contribution < -0.4 is 0 Å². The van der Waals surface area contributed by atoms with Gasteiger partial charge in [0.25, 0.3) is 6.43 Å². The first-order valence-electron chi connectivity index (χ1n) is 4.66. The highest BCUT2D eigenvalue weighted by Crippen LogP contribution is 2.24. The van der Waals surface area contributed by atoms with Crippen LogP contribution in [0.3, 0.4) is 0 Å². The summed E-state index contributed by atoms with van der Waals surface area (Å²) >= 11 is 5.59. The molecule has 7 heteroatoms. The Morgan fingerprint density at radius 2 is 2.06 bits per heavy atom. The molecule has 0 atom stereocenters. The molecule has 0 amide bonds. The van der Waals surface area contributed by atoms with Crippen molar-refractivity contribution in [2.24, 2.45) is 0 Å². The number of benzene rings is 1. The van der Waals surface area contributed by atoms with Crippen molar-refractivity contribution < 1.29 is 13.2 Å². The molecule has 0 aliphatic carbocycles. The monoisotopic (exact) mass is 261 g/mol. The van der Waals surface area contributed by atoms with Gasteiger partial charge in [-0.25, -0.2) is 17.9 Å². The van der Waals surface area contributed by atoms with Gasteiger partial charge in [0.2, 0.25) is 0 Å². The summed E-state index contributed by atoms with van der Waals surface area (Å²) in [7, 11) is 0. The number of hydrogen-bond donors (Lipinski definition) is 0. The Kier molecular flexibility index (Phi) is 3.06. The van der Waals surface area contributed by atoms with Gasteiger partial charge in [0, 0.05) is 5.56 Å². The zero-order valence-corrected chi connectivity index (χ0v) is 9.42. The number of hydrogen-bond acceptors (Lipinski definition) is 2. The highest BCUT2D eigenvalue weighted by atomic mass is 35.5. The Balaban J connectivity index is 2.49. The van der Waals surface area contributed by atoms with Crippen molar-refractivity contribution in [3.05, 3.63) is 40.4 Å². The summed E-state index contributed by atoms with van der Waals surface area (Å²) < 4.78 is 39.3. The molecule has 2 rings (SSSR count). The first-order valence-corrected chi connectivity index (χ1v) is 5.04. The summed E-state index contributed by atoms with van der Waals surface area (Å²) in [6.07, 6.45) is -1.65. The van der Waals surface area contributed by atoms with E-state index in [0.29, 0.717) is 5.69 Å². The lowest BCUT2D eigenvalue weighted by Crippen LogP contribution is -2.00. The second-order valence-electron chi connectivity index (χ2n) is 3.39. The van der Waals surface area contributed by atoms with E-state index in [1.165, 1.54) is 19.1 Å². The molecule has 0 aliphatic heterocycles. The lowest BCUT2D eigenvalue weighted by Gasteiger charge is -2.06. The normalized spacial score (nSPS) is 11.2. The summed E-state index contributed by atoms with van der Waals surface area (Å²) in [5.41, 5.74) is 0.0919. The molecule has 0 spiro atoms. The fourth-order valence-corrected chi connectivity index (χ4v) is 1.59. The van der Waals surface area contributed by atoms with Crippen molar-refractivity contribution in [1.82, 2.24) is 15.0 Å². The van der Waals surface area contributed by atoms with Gasteiger partial charge in [0.15, 0.2) is 0 Å². The summed E-state index contributed by atoms with van der Waals surface area (Å²) in [5.74, 6) is -0.599. The SMILES string of the molecule is Cc1c(-n2cc(C(F)F)nn2)ccc(Cl)c1F. The van der Waals surface area contributed by atoms with E-state index in [4.69, 9.17) is 11.6 Å². The maximum absolute atomic E-state index is 13.5. The van der Waals surface area contributed by atoms with Gasteiger partial charge in [0.05, 0.1) is 16.9 Å². The lowest BCUT2D eigenvalue weighted by molar-refractivity contribution is 0.146. The summed E-state index contributed by atoms with van der Waals surface area (Å²) in [6.45, 7) is 1.49. The molecule has 0 bridgehead atoms. The van der Waals surface area contributed by atoms with Crippen LogP contribution in [0, 0.1) is 12.7 Å². The van der Waals surface area contributed by atoms with Crippen molar-refractivity contribution in [3.8, 4) is 5.69 Å². The quantitative estimate of drug-likeness (QED) is 0.830. The smallest absolute Gasteiger partial charge is 0.220 e. The Morgan fingerprint density at radius 1 is 1.35 bits per heavy atom. The Labute approximate surface area is 99.8 Å². The van der Waals surface area contributed by atoms with E-state index in [1.54, 1.807) is 0 Å². The van der Waals surface area contributed by atoms with E-state index in [0.717, 1.165) is 10.9 Å². The van der Waals surface area contributed by atoms with E-state index in [2.05, 4.69) is 10.3 Å². The third-order valence-corrected chi connectivity index (χ3v) is 2.58. The molecule has 0 saturated heterocycles. The standard InChI is InChI=1S/C10H7ClF3N3/c1-5-8(3-2-6(11)9(5)12)17-4-7(10(13)14)15-16-17/h2-4,10H,1H3. The predicted molar refractivity (Wildman–Crippen MR) is 56.0 cm³/mol. The van der Waals surface area contributed by atoms with Crippen LogP contribution in [0.25, 0.3) is 5.69 Å². The Bertz CT molecular complexity index is 554. The molecular formula is C10H7ClF3N3. The highest BCUT2D eigenvalue weighted by Gasteiger charge is 2.15. The zero-order chi connectivity index (χ0) is 12.6. The van der Waals surface area contributed by atoms with E-state index >= 15 is 0 Å². The van der Waals surface area contributed by atoms with E-state index in [9.17, 15) is 13.2 Å². The van der Waals surface area contributed by atoms with Gasteiger partial charge in [-0.05, 0) is 19.1 Å². The molecule has 0 unspecified atom stereocenters. The molecule has 1 aromatic carbocycles. The first kappa shape index (κ1) is 11.9. The number of halogens is 4. The summed E-state index contributed by atoms with van der Waals surface area (Å²) in [5, 5.41) is 6.78. The Hall–Kier alpha value is -1.56. The topological polar surface area (TPSA) is 30.7 Å². The second kappa shape index (κ2) is 4.37.